The minimum atomic E-state index is -0.270. The largest absolute Gasteiger partial charge is 0.459 e. The molecule has 1 N–H and O–H groups in total. The Hall–Kier alpha value is -0.830. The second-order valence-electron chi connectivity index (χ2n) is 4.23. The maximum atomic E-state index is 11.6. The lowest BCUT2D eigenvalue weighted by Gasteiger charge is -2.22. The van der Waals surface area contributed by atoms with Crippen LogP contribution < -0.4 is 0 Å². The fourth-order valence-corrected chi connectivity index (χ4v) is 1.72. The number of ether oxygens (including phenoxy) is 1. The summed E-state index contributed by atoms with van der Waals surface area (Å²) >= 11 is 0. The SMILES string of the molecule is CC(CO)=C(C)C(=O)OC1CCCCC1. The van der Waals surface area contributed by atoms with Gasteiger partial charge in [0.05, 0.1) is 6.61 Å². The molecule has 0 heterocycles. The van der Waals surface area contributed by atoms with Gasteiger partial charge in [0.25, 0.3) is 0 Å². The van der Waals surface area contributed by atoms with E-state index in [1.165, 1.54) is 6.42 Å². The molecule has 0 spiro atoms. The van der Waals surface area contributed by atoms with Gasteiger partial charge in [0.15, 0.2) is 0 Å². The lowest BCUT2D eigenvalue weighted by atomic mass is 9.98. The van der Waals surface area contributed by atoms with Crippen LogP contribution in [0, 0.1) is 0 Å². The zero-order chi connectivity index (χ0) is 11.3. The zero-order valence-electron chi connectivity index (χ0n) is 9.58. The molecular formula is C12H20O3. The van der Waals surface area contributed by atoms with Crippen LogP contribution in [-0.2, 0) is 9.53 Å². The summed E-state index contributed by atoms with van der Waals surface area (Å²) in [6, 6.07) is 0. The Morgan fingerprint density at radius 2 is 1.87 bits per heavy atom. The van der Waals surface area contributed by atoms with Gasteiger partial charge in [-0.1, -0.05) is 6.42 Å². The summed E-state index contributed by atoms with van der Waals surface area (Å²) < 4.78 is 5.37. The lowest BCUT2D eigenvalue weighted by molar-refractivity contribution is -0.145. The number of carbonyl (C=O) groups is 1. The molecule has 1 aliphatic rings. The monoisotopic (exact) mass is 212 g/mol. The van der Waals surface area contributed by atoms with Gasteiger partial charge in [-0.3, -0.25) is 0 Å². The number of esters is 1. The van der Waals surface area contributed by atoms with Gasteiger partial charge in [0.1, 0.15) is 6.10 Å². The predicted octanol–water partition coefficient (Wildman–Crippen LogP) is 2.19. The summed E-state index contributed by atoms with van der Waals surface area (Å²) in [4.78, 5) is 11.6. The normalized spacial score (nSPS) is 19.7. The third kappa shape index (κ3) is 3.67. The van der Waals surface area contributed by atoms with Crippen molar-refractivity contribution in [1.29, 1.82) is 0 Å². The fraction of sp³-hybridized carbons (Fsp3) is 0.750. The van der Waals surface area contributed by atoms with Gasteiger partial charge in [-0.15, -0.1) is 0 Å². The van der Waals surface area contributed by atoms with Crippen molar-refractivity contribution in [2.24, 2.45) is 0 Å². The van der Waals surface area contributed by atoms with Crippen LogP contribution in [0.1, 0.15) is 46.0 Å². The molecule has 1 aliphatic carbocycles. The first-order valence-electron chi connectivity index (χ1n) is 5.63. The molecule has 0 amide bonds. The average molecular weight is 212 g/mol. The molecule has 86 valence electrons. The van der Waals surface area contributed by atoms with E-state index in [1.807, 2.05) is 0 Å². The average Bonchev–Trinajstić information content (AvgIpc) is 2.28. The van der Waals surface area contributed by atoms with Gasteiger partial charge >= 0.3 is 5.97 Å². The highest BCUT2D eigenvalue weighted by atomic mass is 16.5. The van der Waals surface area contributed by atoms with Gasteiger partial charge in [0.2, 0.25) is 0 Å². The number of hydrogen-bond acceptors (Lipinski definition) is 3. The maximum absolute atomic E-state index is 11.6. The minimum Gasteiger partial charge on any atom is -0.459 e. The standard InChI is InChI=1S/C12H20O3/c1-9(8-13)10(2)12(14)15-11-6-4-3-5-7-11/h11,13H,3-8H2,1-2H3. The smallest absolute Gasteiger partial charge is 0.334 e. The number of carbonyl (C=O) groups excluding carboxylic acids is 1. The van der Waals surface area contributed by atoms with Crippen LogP contribution in [0.4, 0.5) is 0 Å². The van der Waals surface area contributed by atoms with Crippen molar-refractivity contribution in [3.05, 3.63) is 11.1 Å². The summed E-state index contributed by atoms with van der Waals surface area (Å²) in [5.41, 5.74) is 1.24. The van der Waals surface area contributed by atoms with E-state index in [0.29, 0.717) is 11.1 Å². The molecule has 0 saturated heterocycles. The first-order chi connectivity index (χ1) is 7.15. The zero-order valence-corrected chi connectivity index (χ0v) is 9.58. The first-order valence-corrected chi connectivity index (χ1v) is 5.63. The highest BCUT2D eigenvalue weighted by molar-refractivity contribution is 5.88. The van der Waals surface area contributed by atoms with Gasteiger partial charge in [-0.2, -0.15) is 0 Å². The lowest BCUT2D eigenvalue weighted by Crippen LogP contribution is -2.22. The molecule has 0 radical (unpaired) electrons. The molecule has 1 fully saturated rings. The summed E-state index contributed by atoms with van der Waals surface area (Å²) in [5, 5.41) is 8.89. The Morgan fingerprint density at radius 1 is 1.27 bits per heavy atom. The summed E-state index contributed by atoms with van der Waals surface area (Å²) in [6.07, 6.45) is 5.61. The molecule has 1 rings (SSSR count). The second-order valence-corrected chi connectivity index (χ2v) is 4.23. The van der Waals surface area contributed by atoms with Crippen molar-refractivity contribution in [3.63, 3.8) is 0 Å². The van der Waals surface area contributed by atoms with Crippen molar-refractivity contribution >= 4 is 5.97 Å². The third-order valence-electron chi connectivity index (χ3n) is 3.01. The highest BCUT2D eigenvalue weighted by Gasteiger charge is 2.19. The Kier molecular flexibility index (Phi) is 4.82. The molecule has 0 aliphatic heterocycles. The van der Waals surface area contributed by atoms with E-state index in [9.17, 15) is 4.79 Å². The first kappa shape index (κ1) is 12.2. The molecule has 3 nitrogen and oxygen atoms in total. The van der Waals surface area contributed by atoms with Crippen molar-refractivity contribution < 1.29 is 14.6 Å². The van der Waals surface area contributed by atoms with Gasteiger partial charge in [0, 0.05) is 5.57 Å². The second kappa shape index (κ2) is 5.91. The van der Waals surface area contributed by atoms with E-state index < -0.39 is 0 Å². The van der Waals surface area contributed by atoms with Crippen molar-refractivity contribution in [1.82, 2.24) is 0 Å². The van der Waals surface area contributed by atoms with E-state index in [1.54, 1.807) is 13.8 Å². The molecule has 0 aromatic rings. The maximum Gasteiger partial charge on any atom is 0.334 e. The number of rotatable bonds is 3. The molecular weight excluding hydrogens is 192 g/mol. The van der Waals surface area contributed by atoms with Crippen LogP contribution in [0.5, 0.6) is 0 Å². The van der Waals surface area contributed by atoms with Crippen LogP contribution in [0.15, 0.2) is 11.1 Å². The Bertz CT molecular complexity index is 250. The van der Waals surface area contributed by atoms with Crippen molar-refractivity contribution in [2.45, 2.75) is 52.1 Å². The summed E-state index contributed by atoms with van der Waals surface area (Å²) in [5.74, 6) is -0.270. The van der Waals surface area contributed by atoms with Crippen LogP contribution in [0.25, 0.3) is 0 Å². The van der Waals surface area contributed by atoms with E-state index in [-0.39, 0.29) is 18.7 Å². The van der Waals surface area contributed by atoms with E-state index >= 15 is 0 Å². The number of aliphatic hydroxyl groups is 1. The third-order valence-corrected chi connectivity index (χ3v) is 3.01. The fourth-order valence-electron chi connectivity index (χ4n) is 1.72. The predicted molar refractivity (Wildman–Crippen MR) is 58.4 cm³/mol. The highest BCUT2D eigenvalue weighted by Crippen LogP contribution is 2.21. The van der Waals surface area contributed by atoms with E-state index in [4.69, 9.17) is 9.84 Å². The summed E-state index contributed by atoms with van der Waals surface area (Å²) in [6.45, 7) is 3.37. The topological polar surface area (TPSA) is 46.5 Å². The Labute approximate surface area is 91.1 Å². The van der Waals surface area contributed by atoms with Crippen LogP contribution >= 0.6 is 0 Å². The number of aliphatic hydroxyl groups excluding tert-OH is 1. The van der Waals surface area contributed by atoms with Gasteiger partial charge < -0.3 is 9.84 Å². The van der Waals surface area contributed by atoms with Crippen molar-refractivity contribution in [2.75, 3.05) is 6.61 Å². The Morgan fingerprint density at radius 3 is 2.40 bits per heavy atom. The van der Waals surface area contributed by atoms with Crippen LogP contribution in [-0.4, -0.2) is 23.8 Å². The molecule has 0 bridgehead atoms. The van der Waals surface area contributed by atoms with Crippen molar-refractivity contribution in [3.8, 4) is 0 Å². The summed E-state index contributed by atoms with van der Waals surface area (Å²) in [7, 11) is 0. The van der Waals surface area contributed by atoms with Gasteiger partial charge in [-0.25, -0.2) is 4.79 Å². The quantitative estimate of drug-likeness (QED) is 0.576. The Balaban J connectivity index is 2.47. The molecule has 0 aromatic carbocycles. The molecule has 0 unspecified atom stereocenters. The molecule has 0 atom stereocenters. The van der Waals surface area contributed by atoms with Gasteiger partial charge in [-0.05, 0) is 45.1 Å². The van der Waals surface area contributed by atoms with Crippen LogP contribution in [0.2, 0.25) is 0 Å². The minimum absolute atomic E-state index is 0.0778. The number of hydrogen-bond donors (Lipinski definition) is 1. The molecule has 3 heteroatoms. The molecule has 15 heavy (non-hydrogen) atoms. The molecule has 1 saturated carbocycles. The van der Waals surface area contributed by atoms with E-state index in [0.717, 1.165) is 25.7 Å². The van der Waals surface area contributed by atoms with E-state index in [2.05, 4.69) is 0 Å². The molecule has 0 aromatic heterocycles. The van der Waals surface area contributed by atoms with Crippen LogP contribution in [0.3, 0.4) is 0 Å².